The smallest absolute Gasteiger partial charge is 0.0882 e. The molecule has 0 atom stereocenters. The van der Waals surface area contributed by atoms with Crippen molar-refractivity contribution >= 4 is 0 Å². The van der Waals surface area contributed by atoms with Gasteiger partial charge in [0, 0.05) is 6.42 Å². The topological polar surface area (TPSA) is 0 Å². The third-order valence-electron chi connectivity index (χ3n) is 1.48. The summed E-state index contributed by atoms with van der Waals surface area (Å²) in [5, 5.41) is 0. The molecule has 0 fully saturated rings. The van der Waals surface area contributed by atoms with E-state index in [2.05, 4.69) is 18.6 Å². The van der Waals surface area contributed by atoms with Gasteiger partial charge in [-0.1, -0.05) is 12.2 Å². The van der Waals surface area contributed by atoms with Crippen LogP contribution in [-0.4, -0.2) is 0 Å². The van der Waals surface area contributed by atoms with Crippen LogP contribution in [0.1, 0.15) is 32.1 Å². The van der Waals surface area contributed by atoms with Crippen LogP contribution in [0.2, 0.25) is 0 Å². The van der Waals surface area contributed by atoms with Crippen molar-refractivity contribution in [3.05, 3.63) is 18.6 Å². The highest BCUT2D eigenvalue weighted by Gasteiger charge is 1.98. The normalized spacial score (nSPS) is 25.0. The molecule has 0 unspecified atom stereocenters. The second-order valence-corrected chi connectivity index (χ2v) is 2.27. The molecule has 0 aromatic rings. The summed E-state index contributed by atoms with van der Waals surface area (Å²) < 4.78 is 0. The second-order valence-electron chi connectivity index (χ2n) is 2.27. The van der Waals surface area contributed by atoms with Crippen molar-refractivity contribution in [2.45, 2.75) is 32.1 Å². The number of allylic oxidation sites excluding steroid dienone is 2. The molecule has 0 bridgehead atoms. The van der Waals surface area contributed by atoms with E-state index in [4.69, 9.17) is 0 Å². The van der Waals surface area contributed by atoms with E-state index in [1.807, 2.05) is 0 Å². The SMILES string of the molecule is C1=C\CCC[CH+]CC/1. The predicted octanol–water partition coefficient (Wildman–Crippen LogP) is 2.71. The number of hydrogen-bond acceptors (Lipinski definition) is 0. The van der Waals surface area contributed by atoms with E-state index in [-0.39, 0.29) is 0 Å². The van der Waals surface area contributed by atoms with Crippen LogP contribution in [0.5, 0.6) is 0 Å². The first-order valence-corrected chi connectivity index (χ1v) is 3.47. The maximum atomic E-state index is 2.39. The van der Waals surface area contributed by atoms with E-state index in [0.29, 0.717) is 0 Å². The summed E-state index contributed by atoms with van der Waals surface area (Å²) in [6, 6.07) is 0. The van der Waals surface area contributed by atoms with Gasteiger partial charge in [-0.2, -0.15) is 0 Å². The summed E-state index contributed by atoms with van der Waals surface area (Å²) in [5.41, 5.74) is 0. The zero-order chi connectivity index (χ0) is 5.66. The standard InChI is InChI=1S/C8H13/c1-2-4-6-8-7-5-3-1/h1-2,7H,3-6,8H2/q+1/b2-1-. The number of rotatable bonds is 0. The van der Waals surface area contributed by atoms with E-state index < -0.39 is 0 Å². The lowest BCUT2D eigenvalue weighted by molar-refractivity contribution is 0.758. The fraction of sp³-hybridized carbons (Fsp3) is 0.625. The Morgan fingerprint density at radius 1 is 1.00 bits per heavy atom. The molecule has 0 saturated carbocycles. The van der Waals surface area contributed by atoms with Gasteiger partial charge in [0.2, 0.25) is 0 Å². The van der Waals surface area contributed by atoms with Crippen molar-refractivity contribution in [2.75, 3.05) is 0 Å². The Kier molecular flexibility index (Phi) is 2.58. The molecular weight excluding hydrogens is 96.1 g/mol. The van der Waals surface area contributed by atoms with Crippen molar-refractivity contribution in [1.29, 1.82) is 0 Å². The summed E-state index contributed by atoms with van der Waals surface area (Å²) in [7, 11) is 0. The van der Waals surface area contributed by atoms with E-state index in [1.165, 1.54) is 32.1 Å². The molecule has 0 heterocycles. The van der Waals surface area contributed by atoms with Gasteiger partial charge in [0.1, 0.15) is 0 Å². The Morgan fingerprint density at radius 3 is 2.88 bits per heavy atom. The molecule has 0 spiro atoms. The predicted molar refractivity (Wildman–Crippen MR) is 36.5 cm³/mol. The van der Waals surface area contributed by atoms with Gasteiger partial charge in [-0.25, -0.2) is 0 Å². The van der Waals surface area contributed by atoms with Gasteiger partial charge in [0.05, 0.1) is 19.3 Å². The Bertz CT molecular complexity index is 62.1. The van der Waals surface area contributed by atoms with Crippen LogP contribution in [0.3, 0.4) is 0 Å². The minimum atomic E-state index is 1.26. The van der Waals surface area contributed by atoms with E-state index in [9.17, 15) is 0 Å². The fourth-order valence-corrected chi connectivity index (χ4v) is 0.974. The number of hydrogen-bond donors (Lipinski definition) is 0. The van der Waals surface area contributed by atoms with Gasteiger partial charge in [-0.3, -0.25) is 0 Å². The summed E-state index contributed by atoms with van der Waals surface area (Å²) in [4.78, 5) is 0. The molecular formula is C8H13+. The minimum Gasteiger partial charge on any atom is -0.0882 e. The monoisotopic (exact) mass is 109 g/mol. The van der Waals surface area contributed by atoms with Crippen molar-refractivity contribution in [1.82, 2.24) is 0 Å². The third kappa shape index (κ3) is 2.06. The maximum Gasteiger partial charge on any atom is 0.0909 e. The molecule has 0 N–H and O–H groups in total. The van der Waals surface area contributed by atoms with E-state index in [1.54, 1.807) is 0 Å². The van der Waals surface area contributed by atoms with Crippen molar-refractivity contribution in [3.63, 3.8) is 0 Å². The van der Waals surface area contributed by atoms with Crippen molar-refractivity contribution < 1.29 is 0 Å². The van der Waals surface area contributed by atoms with E-state index in [0.717, 1.165) is 0 Å². The van der Waals surface area contributed by atoms with Crippen LogP contribution < -0.4 is 0 Å². The van der Waals surface area contributed by atoms with Crippen LogP contribution >= 0.6 is 0 Å². The fourth-order valence-electron chi connectivity index (χ4n) is 0.974. The molecule has 0 radical (unpaired) electrons. The molecule has 0 heteroatoms. The maximum absolute atomic E-state index is 2.39. The first-order valence-electron chi connectivity index (χ1n) is 3.47. The van der Waals surface area contributed by atoms with E-state index >= 15 is 0 Å². The second kappa shape index (κ2) is 3.59. The molecule has 0 nitrogen and oxygen atoms in total. The van der Waals surface area contributed by atoms with Gasteiger partial charge >= 0.3 is 0 Å². The van der Waals surface area contributed by atoms with Crippen molar-refractivity contribution in [2.24, 2.45) is 0 Å². The lowest BCUT2D eigenvalue weighted by Crippen LogP contribution is -1.81. The minimum absolute atomic E-state index is 1.26. The van der Waals surface area contributed by atoms with Gasteiger partial charge in [0.15, 0.2) is 0 Å². The Balaban J connectivity index is 2.17. The molecule has 1 aliphatic carbocycles. The third-order valence-corrected chi connectivity index (χ3v) is 1.48. The molecule has 8 heavy (non-hydrogen) atoms. The van der Waals surface area contributed by atoms with Gasteiger partial charge in [-0.15, -0.1) is 0 Å². The molecule has 0 amide bonds. The quantitative estimate of drug-likeness (QED) is 0.331. The molecule has 0 aliphatic heterocycles. The molecule has 0 aromatic heterocycles. The zero-order valence-corrected chi connectivity index (χ0v) is 5.27. The lowest BCUT2D eigenvalue weighted by Gasteiger charge is -1.92. The van der Waals surface area contributed by atoms with Crippen LogP contribution in [0.25, 0.3) is 0 Å². The average molecular weight is 109 g/mol. The van der Waals surface area contributed by atoms with Gasteiger partial charge in [-0.05, 0) is 12.8 Å². The summed E-state index contributed by atoms with van der Waals surface area (Å²) in [6.07, 6.45) is 13.5. The van der Waals surface area contributed by atoms with Gasteiger partial charge in [0.25, 0.3) is 0 Å². The molecule has 1 rings (SSSR count). The summed E-state index contributed by atoms with van der Waals surface area (Å²) in [6.45, 7) is 0. The molecule has 1 aliphatic rings. The van der Waals surface area contributed by atoms with Crippen LogP contribution in [0.4, 0.5) is 0 Å². The largest absolute Gasteiger partial charge is 0.0909 e. The summed E-state index contributed by atoms with van der Waals surface area (Å²) in [5.74, 6) is 0. The van der Waals surface area contributed by atoms with Crippen LogP contribution in [0, 0.1) is 6.42 Å². The molecule has 0 saturated heterocycles. The van der Waals surface area contributed by atoms with Crippen LogP contribution in [0.15, 0.2) is 12.2 Å². The first kappa shape index (κ1) is 5.74. The highest BCUT2D eigenvalue weighted by Crippen LogP contribution is 2.08. The average Bonchev–Trinajstić information content (AvgIpc) is 1.62. The first-order chi connectivity index (χ1) is 4.00. The molecule has 44 valence electrons. The Labute approximate surface area is 51.6 Å². The Morgan fingerprint density at radius 2 is 1.88 bits per heavy atom. The van der Waals surface area contributed by atoms with Crippen molar-refractivity contribution in [3.8, 4) is 0 Å². The highest BCUT2D eigenvalue weighted by atomic mass is 14.0. The Hall–Kier alpha value is -0.390. The van der Waals surface area contributed by atoms with Gasteiger partial charge < -0.3 is 0 Å². The summed E-state index contributed by atoms with van der Waals surface area (Å²) >= 11 is 0. The zero-order valence-electron chi connectivity index (χ0n) is 5.27. The lowest BCUT2D eigenvalue weighted by atomic mass is 10.1. The van der Waals surface area contributed by atoms with Crippen LogP contribution in [-0.2, 0) is 0 Å². The highest BCUT2D eigenvalue weighted by molar-refractivity contribution is 4.86. The molecule has 0 aromatic carbocycles.